The second-order valence-electron chi connectivity index (χ2n) is 5.25. The van der Waals surface area contributed by atoms with Crippen molar-refractivity contribution in [2.45, 2.75) is 19.8 Å². The van der Waals surface area contributed by atoms with Crippen LogP contribution in [0.5, 0.6) is 0 Å². The molecule has 0 atom stereocenters. The molecule has 2 amide bonds. The number of amides is 2. The third-order valence-electron chi connectivity index (χ3n) is 3.61. The number of anilines is 1. The van der Waals surface area contributed by atoms with Gasteiger partial charge < -0.3 is 16.0 Å². The zero-order chi connectivity index (χ0) is 15.2. The largest absolute Gasteiger partial charge is 0.347 e. The van der Waals surface area contributed by atoms with E-state index in [1.54, 1.807) is 0 Å². The van der Waals surface area contributed by atoms with Crippen molar-refractivity contribution in [1.29, 1.82) is 0 Å². The molecule has 0 saturated carbocycles. The van der Waals surface area contributed by atoms with Crippen molar-refractivity contribution in [2.75, 3.05) is 25.0 Å². The molecule has 1 aliphatic rings. The minimum Gasteiger partial charge on any atom is -0.347 e. The fraction of sp³-hybridized carbons (Fsp3) is 0.467. The van der Waals surface area contributed by atoms with Crippen LogP contribution in [-0.4, -0.2) is 31.4 Å². The maximum atomic E-state index is 11.9. The minimum atomic E-state index is -0.210. The molecule has 0 unspecified atom stereocenters. The lowest BCUT2D eigenvalue weighted by molar-refractivity contribution is -0.127. The molecule has 6 heteroatoms. The Bertz CT molecular complexity index is 528. The van der Waals surface area contributed by atoms with E-state index in [1.165, 1.54) is 0 Å². The SMILES string of the molecule is Cc1ccc(Br)cc1NC(=O)CNC(=O)C1CCNCC1. The number of hydrogen-bond donors (Lipinski definition) is 3. The highest BCUT2D eigenvalue weighted by Crippen LogP contribution is 2.20. The molecule has 0 aliphatic carbocycles. The Balaban J connectivity index is 1.81. The van der Waals surface area contributed by atoms with Crippen LogP contribution in [0.2, 0.25) is 0 Å². The van der Waals surface area contributed by atoms with Gasteiger partial charge in [0.1, 0.15) is 0 Å². The van der Waals surface area contributed by atoms with Gasteiger partial charge >= 0.3 is 0 Å². The first-order chi connectivity index (χ1) is 10.1. The lowest BCUT2D eigenvalue weighted by Gasteiger charge is -2.21. The molecule has 0 radical (unpaired) electrons. The molecule has 0 bridgehead atoms. The maximum absolute atomic E-state index is 11.9. The molecule has 21 heavy (non-hydrogen) atoms. The van der Waals surface area contributed by atoms with Gasteiger partial charge in [0, 0.05) is 16.1 Å². The van der Waals surface area contributed by atoms with Crippen molar-refractivity contribution in [3.8, 4) is 0 Å². The van der Waals surface area contributed by atoms with Crippen molar-refractivity contribution < 1.29 is 9.59 Å². The number of halogens is 1. The third-order valence-corrected chi connectivity index (χ3v) is 4.10. The van der Waals surface area contributed by atoms with Gasteiger partial charge in [-0.05, 0) is 50.6 Å². The third kappa shape index (κ3) is 4.82. The maximum Gasteiger partial charge on any atom is 0.243 e. The summed E-state index contributed by atoms with van der Waals surface area (Å²) in [5.41, 5.74) is 1.74. The van der Waals surface area contributed by atoms with E-state index in [-0.39, 0.29) is 24.3 Å². The minimum absolute atomic E-state index is 0.00865. The lowest BCUT2D eigenvalue weighted by Crippen LogP contribution is -2.41. The fourth-order valence-electron chi connectivity index (χ4n) is 2.32. The van der Waals surface area contributed by atoms with E-state index >= 15 is 0 Å². The highest BCUT2D eigenvalue weighted by Gasteiger charge is 2.21. The Morgan fingerprint density at radius 2 is 2.05 bits per heavy atom. The van der Waals surface area contributed by atoms with E-state index in [1.807, 2.05) is 25.1 Å². The average Bonchev–Trinajstić information content (AvgIpc) is 2.49. The molecule has 1 fully saturated rings. The summed E-state index contributed by atoms with van der Waals surface area (Å²) in [5.74, 6) is -0.220. The number of carbonyl (C=O) groups is 2. The molecule has 1 saturated heterocycles. The van der Waals surface area contributed by atoms with Crippen LogP contribution < -0.4 is 16.0 Å². The summed E-state index contributed by atoms with van der Waals surface area (Å²) in [4.78, 5) is 23.9. The molecule has 1 aromatic carbocycles. The first kappa shape index (κ1) is 16.0. The van der Waals surface area contributed by atoms with E-state index in [2.05, 4.69) is 31.9 Å². The van der Waals surface area contributed by atoms with E-state index in [0.29, 0.717) is 0 Å². The summed E-state index contributed by atoms with van der Waals surface area (Å²) < 4.78 is 0.905. The molecule has 1 heterocycles. The van der Waals surface area contributed by atoms with Crippen LogP contribution in [0.3, 0.4) is 0 Å². The molecular weight excluding hydrogens is 334 g/mol. The van der Waals surface area contributed by atoms with Gasteiger partial charge in [0.25, 0.3) is 0 Å². The smallest absolute Gasteiger partial charge is 0.243 e. The van der Waals surface area contributed by atoms with Crippen LogP contribution in [0.15, 0.2) is 22.7 Å². The number of carbonyl (C=O) groups excluding carboxylic acids is 2. The molecule has 1 aliphatic heterocycles. The standard InChI is InChI=1S/C15H20BrN3O2/c1-10-2-3-12(16)8-13(10)19-14(20)9-18-15(21)11-4-6-17-7-5-11/h2-3,8,11,17H,4-7,9H2,1H3,(H,18,21)(H,19,20). The summed E-state index contributed by atoms with van der Waals surface area (Å²) in [5, 5.41) is 8.74. The Morgan fingerprint density at radius 1 is 1.33 bits per heavy atom. The Hall–Kier alpha value is -1.40. The fourth-order valence-corrected chi connectivity index (χ4v) is 2.68. The predicted molar refractivity (Wildman–Crippen MR) is 86.1 cm³/mol. The van der Waals surface area contributed by atoms with E-state index in [4.69, 9.17) is 0 Å². The number of benzene rings is 1. The summed E-state index contributed by atoms with van der Waals surface area (Å²) in [6.07, 6.45) is 1.66. The highest BCUT2D eigenvalue weighted by atomic mass is 79.9. The topological polar surface area (TPSA) is 70.2 Å². The second kappa shape index (κ2) is 7.56. The number of piperidine rings is 1. The number of nitrogens with one attached hydrogen (secondary N) is 3. The van der Waals surface area contributed by atoms with Gasteiger partial charge in [-0.25, -0.2) is 0 Å². The molecular formula is C15H20BrN3O2. The van der Waals surface area contributed by atoms with Crippen molar-refractivity contribution in [3.63, 3.8) is 0 Å². The normalized spacial score (nSPS) is 15.5. The summed E-state index contributed by atoms with van der Waals surface area (Å²) in [6, 6.07) is 5.69. The van der Waals surface area contributed by atoms with E-state index in [0.717, 1.165) is 41.7 Å². The molecule has 0 spiro atoms. The Morgan fingerprint density at radius 3 is 2.76 bits per heavy atom. The zero-order valence-corrected chi connectivity index (χ0v) is 13.6. The molecule has 2 rings (SSSR count). The Kier molecular flexibility index (Phi) is 5.76. The quantitative estimate of drug-likeness (QED) is 0.773. The number of hydrogen-bond acceptors (Lipinski definition) is 3. The predicted octanol–water partition coefficient (Wildman–Crippen LogP) is 1.81. The Labute approximate surface area is 133 Å². The lowest BCUT2D eigenvalue weighted by atomic mass is 9.97. The van der Waals surface area contributed by atoms with Crippen molar-refractivity contribution in [2.24, 2.45) is 5.92 Å². The van der Waals surface area contributed by atoms with Gasteiger partial charge in [-0.1, -0.05) is 22.0 Å². The second-order valence-corrected chi connectivity index (χ2v) is 6.17. The number of aryl methyl sites for hydroxylation is 1. The summed E-state index contributed by atoms with van der Waals surface area (Å²) >= 11 is 3.37. The highest BCUT2D eigenvalue weighted by molar-refractivity contribution is 9.10. The van der Waals surface area contributed by atoms with E-state index in [9.17, 15) is 9.59 Å². The van der Waals surface area contributed by atoms with Gasteiger partial charge in [-0.15, -0.1) is 0 Å². The first-order valence-electron chi connectivity index (χ1n) is 7.10. The van der Waals surface area contributed by atoms with Crippen molar-refractivity contribution in [3.05, 3.63) is 28.2 Å². The van der Waals surface area contributed by atoms with E-state index < -0.39 is 0 Å². The number of rotatable bonds is 4. The summed E-state index contributed by atoms with van der Waals surface area (Å²) in [7, 11) is 0. The molecule has 3 N–H and O–H groups in total. The van der Waals surface area contributed by atoms with Crippen molar-refractivity contribution >= 4 is 33.4 Å². The monoisotopic (exact) mass is 353 g/mol. The van der Waals surface area contributed by atoms with Gasteiger partial charge in [0.15, 0.2) is 0 Å². The van der Waals surface area contributed by atoms with Gasteiger partial charge in [0.2, 0.25) is 11.8 Å². The van der Waals surface area contributed by atoms with Crippen LogP contribution in [0.4, 0.5) is 5.69 Å². The molecule has 1 aromatic rings. The van der Waals surface area contributed by atoms with Gasteiger partial charge in [-0.3, -0.25) is 9.59 Å². The van der Waals surface area contributed by atoms with Crippen LogP contribution in [0, 0.1) is 12.8 Å². The van der Waals surface area contributed by atoms with Crippen molar-refractivity contribution in [1.82, 2.24) is 10.6 Å². The van der Waals surface area contributed by atoms with Crippen LogP contribution in [0.25, 0.3) is 0 Å². The van der Waals surface area contributed by atoms with Crippen LogP contribution in [0.1, 0.15) is 18.4 Å². The summed E-state index contributed by atoms with van der Waals surface area (Å²) in [6.45, 7) is 3.66. The molecule has 0 aromatic heterocycles. The average molecular weight is 354 g/mol. The zero-order valence-electron chi connectivity index (χ0n) is 12.0. The van der Waals surface area contributed by atoms with Gasteiger partial charge in [-0.2, -0.15) is 0 Å². The molecule has 5 nitrogen and oxygen atoms in total. The van der Waals surface area contributed by atoms with Crippen LogP contribution in [-0.2, 0) is 9.59 Å². The molecule has 114 valence electrons. The van der Waals surface area contributed by atoms with Gasteiger partial charge in [0.05, 0.1) is 6.54 Å². The van der Waals surface area contributed by atoms with Crippen LogP contribution >= 0.6 is 15.9 Å². The first-order valence-corrected chi connectivity index (χ1v) is 7.90.